The molecule has 0 unspecified atom stereocenters. The molecule has 148 valence electrons. The summed E-state index contributed by atoms with van der Waals surface area (Å²) in [6, 6.07) is 12.5. The lowest BCUT2D eigenvalue weighted by molar-refractivity contribution is 0.0724. The van der Waals surface area contributed by atoms with E-state index in [4.69, 9.17) is 0 Å². The second kappa shape index (κ2) is 8.53. The van der Waals surface area contributed by atoms with Gasteiger partial charge in [-0.1, -0.05) is 6.07 Å². The van der Waals surface area contributed by atoms with Crippen molar-refractivity contribution in [2.75, 3.05) is 25.5 Å². The molecule has 7 nitrogen and oxygen atoms in total. The van der Waals surface area contributed by atoms with Crippen LogP contribution in [0, 0.1) is 0 Å². The van der Waals surface area contributed by atoms with Gasteiger partial charge in [-0.3, -0.25) is 9.59 Å². The highest BCUT2D eigenvalue weighted by Gasteiger charge is 2.18. The van der Waals surface area contributed by atoms with Gasteiger partial charge in [0, 0.05) is 29.9 Å². The number of carbonyl (C=O) groups excluding carboxylic acids is 2. The van der Waals surface area contributed by atoms with Gasteiger partial charge in [-0.15, -0.1) is 0 Å². The van der Waals surface area contributed by atoms with Gasteiger partial charge in [-0.25, -0.2) is 13.1 Å². The van der Waals surface area contributed by atoms with Crippen molar-refractivity contribution in [1.82, 2.24) is 9.62 Å². The Hall–Kier alpha value is -2.71. The summed E-state index contributed by atoms with van der Waals surface area (Å²) >= 11 is 0. The summed E-state index contributed by atoms with van der Waals surface area (Å²) in [4.78, 5) is 26.8. The number of hydrogen-bond donors (Lipinski definition) is 2. The first-order chi connectivity index (χ1) is 13.4. The van der Waals surface area contributed by atoms with E-state index in [0.717, 1.165) is 32.4 Å². The highest BCUT2D eigenvalue weighted by molar-refractivity contribution is 7.89. The standard InChI is InChI=1S/C20H23N3O4S/c1-21-28(26,27)18-7-5-6-16(14-18)19(24)22-17-10-8-15(9-11-17)20(25)23-12-3-2-4-13-23/h5-11,14,21H,2-4,12-13H2,1H3,(H,22,24). The Kier molecular flexibility index (Phi) is 6.11. The maximum absolute atomic E-state index is 12.5. The van der Waals surface area contributed by atoms with E-state index < -0.39 is 15.9 Å². The van der Waals surface area contributed by atoms with Crippen LogP contribution in [0.4, 0.5) is 5.69 Å². The fraction of sp³-hybridized carbons (Fsp3) is 0.300. The minimum absolute atomic E-state index is 0.00236. The summed E-state index contributed by atoms with van der Waals surface area (Å²) in [6.07, 6.45) is 3.22. The number of rotatable bonds is 5. The summed E-state index contributed by atoms with van der Waals surface area (Å²) in [5.74, 6) is -0.425. The minimum atomic E-state index is -3.63. The molecule has 1 saturated heterocycles. The molecule has 1 aliphatic rings. The first kappa shape index (κ1) is 20.0. The van der Waals surface area contributed by atoms with E-state index in [1.807, 2.05) is 4.90 Å². The predicted molar refractivity (Wildman–Crippen MR) is 107 cm³/mol. The molecular weight excluding hydrogens is 378 g/mol. The fourth-order valence-electron chi connectivity index (χ4n) is 3.10. The maximum atomic E-state index is 12.5. The molecule has 8 heteroatoms. The SMILES string of the molecule is CNS(=O)(=O)c1cccc(C(=O)Nc2ccc(C(=O)N3CCCCC3)cc2)c1. The zero-order valence-electron chi connectivity index (χ0n) is 15.6. The summed E-state index contributed by atoms with van der Waals surface area (Å²) in [5.41, 5.74) is 1.34. The van der Waals surface area contributed by atoms with Gasteiger partial charge in [-0.2, -0.15) is 0 Å². The van der Waals surface area contributed by atoms with Gasteiger partial charge in [0.15, 0.2) is 0 Å². The fourth-order valence-corrected chi connectivity index (χ4v) is 3.88. The second-order valence-electron chi connectivity index (χ2n) is 6.62. The van der Waals surface area contributed by atoms with Crippen LogP contribution in [0.2, 0.25) is 0 Å². The maximum Gasteiger partial charge on any atom is 0.255 e. The summed E-state index contributed by atoms with van der Waals surface area (Å²) in [5, 5.41) is 2.72. The van der Waals surface area contributed by atoms with Crippen LogP contribution in [0.1, 0.15) is 40.0 Å². The lowest BCUT2D eigenvalue weighted by atomic mass is 10.1. The van der Waals surface area contributed by atoms with Crippen molar-refractivity contribution in [3.63, 3.8) is 0 Å². The molecule has 0 bridgehead atoms. The average molecular weight is 401 g/mol. The molecule has 0 aromatic heterocycles. The second-order valence-corrected chi connectivity index (χ2v) is 8.51. The van der Waals surface area contributed by atoms with E-state index in [2.05, 4.69) is 10.0 Å². The Balaban J connectivity index is 1.69. The van der Waals surface area contributed by atoms with Gasteiger partial charge in [0.05, 0.1) is 4.90 Å². The number of carbonyl (C=O) groups is 2. The molecule has 1 fully saturated rings. The van der Waals surface area contributed by atoms with Crippen molar-refractivity contribution in [3.8, 4) is 0 Å². The highest BCUT2D eigenvalue weighted by atomic mass is 32.2. The smallest absolute Gasteiger partial charge is 0.255 e. The molecule has 2 aromatic carbocycles. The lowest BCUT2D eigenvalue weighted by Crippen LogP contribution is -2.35. The monoisotopic (exact) mass is 401 g/mol. The van der Waals surface area contributed by atoms with Gasteiger partial charge in [0.25, 0.3) is 11.8 Å². The number of hydrogen-bond acceptors (Lipinski definition) is 4. The van der Waals surface area contributed by atoms with E-state index in [1.165, 1.54) is 31.3 Å². The van der Waals surface area contributed by atoms with Crippen LogP contribution in [0.3, 0.4) is 0 Å². The van der Waals surface area contributed by atoms with Gasteiger partial charge in [0.1, 0.15) is 0 Å². The van der Waals surface area contributed by atoms with Crippen molar-refractivity contribution in [2.45, 2.75) is 24.2 Å². The molecule has 0 atom stereocenters. The quantitative estimate of drug-likeness (QED) is 0.805. The number of likely N-dealkylation sites (tertiary alicyclic amines) is 1. The number of anilines is 1. The van der Waals surface area contributed by atoms with Crippen LogP contribution in [-0.4, -0.2) is 45.3 Å². The summed E-state index contributed by atoms with van der Waals surface area (Å²) < 4.78 is 26.0. The molecule has 28 heavy (non-hydrogen) atoms. The van der Waals surface area contributed by atoms with Gasteiger partial charge >= 0.3 is 0 Å². The van der Waals surface area contributed by atoms with Gasteiger partial charge in [-0.05, 0) is 68.8 Å². The molecule has 3 rings (SSSR count). The number of sulfonamides is 1. The van der Waals surface area contributed by atoms with Crippen molar-refractivity contribution < 1.29 is 18.0 Å². The zero-order valence-corrected chi connectivity index (χ0v) is 16.5. The van der Waals surface area contributed by atoms with Crippen LogP contribution in [-0.2, 0) is 10.0 Å². The summed E-state index contributed by atoms with van der Waals surface area (Å²) in [6.45, 7) is 1.56. The lowest BCUT2D eigenvalue weighted by Gasteiger charge is -2.26. The molecule has 2 aromatic rings. The Labute approximate surface area is 164 Å². The number of piperidine rings is 1. The Morgan fingerprint density at radius 1 is 0.929 bits per heavy atom. The molecule has 0 saturated carbocycles. The van der Waals surface area contributed by atoms with Crippen LogP contribution < -0.4 is 10.0 Å². The molecule has 0 spiro atoms. The van der Waals surface area contributed by atoms with Crippen molar-refractivity contribution >= 4 is 27.5 Å². The third kappa shape index (κ3) is 4.58. The predicted octanol–water partition coefficient (Wildman–Crippen LogP) is 2.47. The average Bonchev–Trinajstić information content (AvgIpc) is 2.74. The minimum Gasteiger partial charge on any atom is -0.339 e. The van der Waals surface area contributed by atoms with E-state index in [9.17, 15) is 18.0 Å². The van der Waals surface area contributed by atoms with Crippen LogP contribution in [0.25, 0.3) is 0 Å². The molecule has 0 aliphatic carbocycles. The number of nitrogens with zero attached hydrogens (tertiary/aromatic N) is 1. The molecule has 1 aliphatic heterocycles. The first-order valence-corrected chi connectivity index (χ1v) is 10.6. The normalized spacial score (nSPS) is 14.5. The molecule has 0 radical (unpaired) electrons. The van der Waals surface area contributed by atoms with Crippen molar-refractivity contribution in [3.05, 3.63) is 59.7 Å². The molecule has 2 N–H and O–H groups in total. The number of benzene rings is 2. The third-order valence-corrected chi connectivity index (χ3v) is 6.12. The van der Waals surface area contributed by atoms with Crippen LogP contribution >= 0.6 is 0 Å². The largest absolute Gasteiger partial charge is 0.339 e. The van der Waals surface area contributed by atoms with Crippen LogP contribution in [0.5, 0.6) is 0 Å². The Bertz CT molecular complexity index is 965. The van der Waals surface area contributed by atoms with E-state index in [1.54, 1.807) is 24.3 Å². The van der Waals surface area contributed by atoms with E-state index in [-0.39, 0.29) is 16.4 Å². The molecular formula is C20H23N3O4S. The molecule has 1 heterocycles. The topological polar surface area (TPSA) is 95.6 Å². The Morgan fingerprint density at radius 3 is 2.25 bits per heavy atom. The van der Waals surface area contributed by atoms with Crippen molar-refractivity contribution in [2.24, 2.45) is 0 Å². The van der Waals surface area contributed by atoms with Crippen molar-refractivity contribution in [1.29, 1.82) is 0 Å². The van der Waals surface area contributed by atoms with Crippen LogP contribution in [0.15, 0.2) is 53.4 Å². The van der Waals surface area contributed by atoms with E-state index >= 15 is 0 Å². The van der Waals surface area contributed by atoms with Gasteiger partial charge in [0.2, 0.25) is 10.0 Å². The Morgan fingerprint density at radius 2 is 1.61 bits per heavy atom. The summed E-state index contributed by atoms with van der Waals surface area (Å²) in [7, 11) is -2.31. The number of nitrogens with one attached hydrogen (secondary N) is 2. The highest BCUT2D eigenvalue weighted by Crippen LogP contribution is 2.17. The molecule has 2 amide bonds. The third-order valence-electron chi connectivity index (χ3n) is 4.71. The number of amides is 2. The van der Waals surface area contributed by atoms with E-state index in [0.29, 0.717) is 11.3 Å². The van der Waals surface area contributed by atoms with Gasteiger partial charge < -0.3 is 10.2 Å². The first-order valence-electron chi connectivity index (χ1n) is 9.15. The zero-order chi connectivity index (χ0) is 20.1.